The van der Waals surface area contributed by atoms with Crippen LogP contribution in [0.2, 0.25) is 0 Å². The number of allylic oxidation sites excluding steroid dienone is 5. The minimum Gasteiger partial charge on any atom is -0.336 e. The Balaban J connectivity index is 4.34. The van der Waals surface area contributed by atoms with Crippen LogP contribution in [-0.4, -0.2) is 16.4 Å². The number of phosphoric acid groups is 2. The molecule has 0 radical (unpaired) electrons. The van der Waals surface area contributed by atoms with Crippen molar-refractivity contribution in [3.05, 3.63) is 45.4 Å². The van der Waals surface area contributed by atoms with Crippen LogP contribution >= 0.6 is 15.6 Å². The Kier molecular flexibility index (Phi) is 12.3. The molecule has 12 heteroatoms. The third-order valence-electron chi connectivity index (χ3n) is 3.17. The lowest BCUT2D eigenvalue weighted by atomic mass is 10.1. The van der Waals surface area contributed by atoms with Crippen molar-refractivity contribution < 1.29 is 32.4 Å². The zero-order chi connectivity index (χ0) is 20.9. The number of rotatable bonds is 13. The molecule has 0 aliphatic rings. The number of phosphoric ester groups is 1. The average molecular weight is 423 g/mol. The summed E-state index contributed by atoms with van der Waals surface area (Å²) in [5.41, 5.74) is 11.5. The van der Waals surface area contributed by atoms with Crippen molar-refractivity contribution in [3.63, 3.8) is 0 Å². The quantitative estimate of drug-likeness (QED) is 0.0937. The summed E-state index contributed by atoms with van der Waals surface area (Å²) in [4.78, 5) is 20.5. The molecule has 0 aromatic heterocycles. The van der Waals surface area contributed by atoms with Gasteiger partial charge < -0.3 is 9.52 Å². The third-order valence-corrected chi connectivity index (χ3v) is 5.58. The average Bonchev–Trinajstić information content (AvgIpc) is 2.51. The number of nitrogens with zero attached hydrogens (tertiary/aromatic N) is 3. The Hall–Kier alpha value is -1.37. The predicted octanol–water partition coefficient (Wildman–Crippen LogP) is 5.88. The van der Waals surface area contributed by atoms with Crippen molar-refractivity contribution in [2.24, 2.45) is 5.28 Å². The van der Waals surface area contributed by atoms with Gasteiger partial charge in [-0.3, -0.25) is 9.42 Å². The van der Waals surface area contributed by atoms with E-state index in [1.54, 1.807) is 6.08 Å². The van der Waals surface area contributed by atoms with Crippen LogP contribution in [0.1, 0.15) is 53.4 Å². The zero-order valence-corrected chi connectivity index (χ0v) is 17.7. The van der Waals surface area contributed by atoms with Crippen molar-refractivity contribution in [1.29, 1.82) is 0 Å². The molecule has 0 aliphatic carbocycles. The van der Waals surface area contributed by atoms with Gasteiger partial charge in [-0.2, -0.15) is 4.31 Å². The molecule has 154 valence electrons. The Morgan fingerprint density at radius 1 is 1.00 bits per heavy atom. The summed E-state index contributed by atoms with van der Waals surface area (Å²) in [5.74, 6) is 0. The van der Waals surface area contributed by atoms with Crippen molar-refractivity contribution in [1.82, 2.24) is 0 Å². The molecule has 0 spiro atoms. The maximum Gasteiger partial charge on any atom is 0.542 e. The van der Waals surface area contributed by atoms with Crippen molar-refractivity contribution >= 4 is 15.6 Å². The lowest BCUT2D eigenvalue weighted by molar-refractivity contribution is 0.163. The molecule has 0 aliphatic heterocycles. The largest absolute Gasteiger partial charge is 0.542 e. The molecular weight excluding hydrogens is 396 g/mol. The lowest BCUT2D eigenvalue weighted by Gasteiger charge is -2.13. The Labute approximate surface area is 159 Å². The second-order valence-electron chi connectivity index (χ2n) is 6.03. The first-order valence-electron chi connectivity index (χ1n) is 8.16. The summed E-state index contributed by atoms with van der Waals surface area (Å²) in [7, 11) is -9.89. The van der Waals surface area contributed by atoms with Gasteiger partial charge in [0, 0.05) is 4.91 Å². The van der Waals surface area contributed by atoms with E-state index in [0.717, 1.165) is 31.3 Å². The highest BCUT2D eigenvalue weighted by Crippen LogP contribution is 2.60. The fraction of sp³-hybridized carbons (Fsp3) is 0.600. The van der Waals surface area contributed by atoms with E-state index in [4.69, 9.17) is 10.4 Å². The molecule has 0 fully saturated rings. The number of hydrogen-bond acceptors (Lipinski definition) is 6. The van der Waals surface area contributed by atoms with E-state index >= 15 is 0 Å². The molecule has 0 heterocycles. The monoisotopic (exact) mass is 423 g/mol. The van der Waals surface area contributed by atoms with Gasteiger partial charge in [-0.25, -0.2) is 9.13 Å². The van der Waals surface area contributed by atoms with E-state index in [2.05, 4.69) is 56.6 Å². The molecule has 0 saturated carbocycles. The molecule has 10 nitrogen and oxygen atoms in total. The third kappa shape index (κ3) is 15.4. The van der Waals surface area contributed by atoms with E-state index in [1.165, 1.54) is 11.1 Å². The van der Waals surface area contributed by atoms with E-state index in [0.29, 0.717) is 0 Å². The Morgan fingerprint density at radius 3 is 2.11 bits per heavy atom. The zero-order valence-electron chi connectivity index (χ0n) is 15.9. The molecule has 0 bridgehead atoms. The SMILES string of the molecule is CC(C)=CCCC(C)=CCCC(C)=CCOP(=O)(O)OP(=O)(O)ON=[N+]=[N-]. The van der Waals surface area contributed by atoms with Gasteiger partial charge in [-0.15, -0.1) is 0 Å². The van der Waals surface area contributed by atoms with Crippen molar-refractivity contribution in [2.75, 3.05) is 6.61 Å². The van der Waals surface area contributed by atoms with Gasteiger partial charge in [0.05, 0.1) is 6.61 Å². The minimum absolute atomic E-state index is 0.301. The van der Waals surface area contributed by atoms with Crippen LogP contribution in [0.5, 0.6) is 0 Å². The molecule has 27 heavy (non-hydrogen) atoms. The molecule has 0 rings (SSSR count). The van der Waals surface area contributed by atoms with Crippen LogP contribution < -0.4 is 0 Å². The van der Waals surface area contributed by atoms with Gasteiger partial charge in [-0.1, -0.05) is 34.9 Å². The lowest BCUT2D eigenvalue weighted by Crippen LogP contribution is -1.96. The van der Waals surface area contributed by atoms with Crippen LogP contribution in [0.25, 0.3) is 10.4 Å². The van der Waals surface area contributed by atoms with E-state index in [9.17, 15) is 14.0 Å². The summed E-state index contributed by atoms with van der Waals surface area (Å²) in [6.07, 6.45) is 9.47. The first kappa shape index (κ1) is 25.6. The predicted molar refractivity (Wildman–Crippen MR) is 102 cm³/mol. The highest BCUT2D eigenvalue weighted by molar-refractivity contribution is 7.61. The first-order valence-corrected chi connectivity index (χ1v) is 11.2. The Bertz CT molecular complexity index is 708. The molecule has 0 saturated heterocycles. The standard InChI is InChI=1S/C15H27N3O7P2/c1-13(2)7-5-8-14(3)9-6-10-15(4)11-12-23-26(19,20)25-27(21,22)24-18-17-16/h7,9,11H,5-6,8,10,12H2,1-4H3,(H,19,20)(H,21,22). The fourth-order valence-electron chi connectivity index (χ4n) is 1.84. The maximum absolute atomic E-state index is 11.5. The summed E-state index contributed by atoms with van der Waals surface area (Å²) in [6, 6.07) is 0. The fourth-order valence-corrected chi connectivity index (χ4v) is 3.58. The molecule has 2 unspecified atom stereocenters. The summed E-state index contributed by atoms with van der Waals surface area (Å²) in [6.45, 7) is 7.74. The molecule has 0 amide bonds. The molecule has 2 atom stereocenters. The smallest absolute Gasteiger partial charge is 0.336 e. The van der Waals surface area contributed by atoms with Gasteiger partial charge in [0.1, 0.15) is 5.28 Å². The normalized spacial score (nSPS) is 16.7. The summed E-state index contributed by atoms with van der Waals surface area (Å²) >= 11 is 0. The molecular formula is C15H27N3O7P2. The van der Waals surface area contributed by atoms with Gasteiger partial charge in [-0.05, 0) is 58.9 Å². The van der Waals surface area contributed by atoms with E-state index in [1.807, 2.05) is 6.92 Å². The summed E-state index contributed by atoms with van der Waals surface area (Å²) in [5, 5.41) is 2.35. The highest BCUT2D eigenvalue weighted by Gasteiger charge is 2.35. The topological polar surface area (TPSA) is 151 Å². The first-order chi connectivity index (χ1) is 12.5. The maximum atomic E-state index is 11.5. The molecule has 0 aromatic rings. The van der Waals surface area contributed by atoms with Crippen molar-refractivity contribution in [2.45, 2.75) is 53.4 Å². The van der Waals surface area contributed by atoms with Crippen LogP contribution in [0.15, 0.2) is 40.2 Å². The summed E-state index contributed by atoms with van der Waals surface area (Å²) < 4.78 is 35.0. The van der Waals surface area contributed by atoms with E-state index < -0.39 is 15.6 Å². The van der Waals surface area contributed by atoms with Gasteiger partial charge in [0.25, 0.3) is 0 Å². The number of hydrogen-bond donors (Lipinski definition) is 2. The molecule has 2 N–H and O–H groups in total. The number of azide groups is 1. The minimum atomic E-state index is -5.03. The van der Waals surface area contributed by atoms with Crippen LogP contribution in [0.4, 0.5) is 0 Å². The second kappa shape index (κ2) is 12.9. The van der Waals surface area contributed by atoms with Crippen molar-refractivity contribution in [3.8, 4) is 0 Å². The second-order valence-corrected chi connectivity index (χ2v) is 8.98. The van der Waals surface area contributed by atoms with Crippen LogP contribution in [0.3, 0.4) is 0 Å². The Morgan fingerprint density at radius 2 is 1.56 bits per heavy atom. The van der Waals surface area contributed by atoms with Gasteiger partial charge >= 0.3 is 15.6 Å². The van der Waals surface area contributed by atoms with Crippen LogP contribution in [-0.2, 0) is 22.6 Å². The molecule has 0 aromatic carbocycles. The van der Waals surface area contributed by atoms with Gasteiger partial charge in [0.15, 0.2) is 0 Å². The highest BCUT2D eigenvalue weighted by atomic mass is 31.3. The van der Waals surface area contributed by atoms with Crippen LogP contribution in [0, 0.1) is 0 Å². The van der Waals surface area contributed by atoms with E-state index in [-0.39, 0.29) is 6.61 Å². The van der Waals surface area contributed by atoms with Gasteiger partial charge in [0.2, 0.25) is 0 Å².